The van der Waals surface area contributed by atoms with Crippen LogP contribution in [-0.2, 0) is 12.0 Å². The molecule has 0 fully saturated rings. The molecule has 2 aromatic carbocycles. The molecule has 1 aromatic heterocycles. The first kappa shape index (κ1) is 20.7. The van der Waals surface area contributed by atoms with Crippen molar-refractivity contribution in [3.05, 3.63) is 95.3 Å². The molecule has 0 saturated heterocycles. The normalized spacial score (nSPS) is 11.0. The first-order valence-electron chi connectivity index (χ1n) is 9.53. The van der Waals surface area contributed by atoms with E-state index in [4.69, 9.17) is 12.2 Å². The van der Waals surface area contributed by atoms with Gasteiger partial charge in [-0.25, -0.2) is 0 Å². The Kier molecular flexibility index (Phi) is 6.39. The van der Waals surface area contributed by atoms with Gasteiger partial charge in [0.25, 0.3) is 0 Å². The number of thiocarbonyl (C=S) groups is 1. The molecule has 0 bridgehead atoms. The summed E-state index contributed by atoms with van der Waals surface area (Å²) in [6, 6.07) is 20.9. The van der Waals surface area contributed by atoms with Crippen molar-refractivity contribution in [3.63, 3.8) is 0 Å². The van der Waals surface area contributed by atoms with E-state index in [1.807, 2.05) is 66.7 Å². The third kappa shape index (κ3) is 5.72. The molecule has 0 aliphatic carbocycles. The molecule has 2 N–H and O–H groups in total. The Labute approximate surface area is 177 Å². The highest BCUT2D eigenvalue weighted by Gasteiger charge is 2.15. The lowest BCUT2D eigenvalue weighted by Gasteiger charge is -2.19. The molecule has 29 heavy (non-hydrogen) atoms. The van der Waals surface area contributed by atoms with Crippen LogP contribution in [0.1, 0.15) is 48.0 Å². The van der Waals surface area contributed by atoms with Crippen molar-refractivity contribution in [1.82, 2.24) is 10.3 Å². The first-order valence-corrected chi connectivity index (χ1v) is 9.94. The van der Waals surface area contributed by atoms with E-state index < -0.39 is 0 Å². The summed E-state index contributed by atoms with van der Waals surface area (Å²) in [5, 5.41) is 6.73. The van der Waals surface area contributed by atoms with Crippen LogP contribution < -0.4 is 10.6 Å². The summed E-state index contributed by atoms with van der Waals surface area (Å²) in [4.78, 5) is 17.1. The maximum atomic E-state index is 12.9. The average molecular weight is 404 g/mol. The van der Waals surface area contributed by atoms with Crippen LogP contribution in [-0.4, -0.2) is 15.9 Å². The van der Waals surface area contributed by atoms with E-state index in [2.05, 4.69) is 36.4 Å². The maximum Gasteiger partial charge on any atom is 0.193 e. The molecule has 0 atom stereocenters. The quantitative estimate of drug-likeness (QED) is 0.459. The summed E-state index contributed by atoms with van der Waals surface area (Å²) in [7, 11) is 0. The fourth-order valence-corrected chi connectivity index (χ4v) is 3.07. The van der Waals surface area contributed by atoms with Crippen molar-refractivity contribution in [2.75, 3.05) is 5.32 Å². The molecule has 0 spiro atoms. The molecule has 0 unspecified atom stereocenters. The zero-order chi connectivity index (χ0) is 20.9. The van der Waals surface area contributed by atoms with E-state index in [1.165, 1.54) is 5.56 Å². The van der Waals surface area contributed by atoms with Crippen LogP contribution >= 0.6 is 12.2 Å². The highest BCUT2D eigenvalue weighted by molar-refractivity contribution is 7.80. The van der Waals surface area contributed by atoms with E-state index in [-0.39, 0.29) is 11.2 Å². The number of ketones is 1. The summed E-state index contributed by atoms with van der Waals surface area (Å²) >= 11 is 5.35. The molecule has 0 aliphatic rings. The van der Waals surface area contributed by atoms with Crippen LogP contribution in [0.5, 0.6) is 0 Å². The van der Waals surface area contributed by atoms with Gasteiger partial charge in [0, 0.05) is 23.0 Å². The smallest absolute Gasteiger partial charge is 0.193 e. The predicted octanol–water partition coefficient (Wildman–Crippen LogP) is 5.10. The van der Waals surface area contributed by atoms with Gasteiger partial charge in [-0.2, -0.15) is 0 Å². The first-order chi connectivity index (χ1) is 13.8. The van der Waals surface area contributed by atoms with Crippen molar-refractivity contribution in [1.29, 1.82) is 0 Å². The van der Waals surface area contributed by atoms with E-state index in [9.17, 15) is 4.79 Å². The summed E-state index contributed by atoms with van der Waals surface area (Å²) < 4.78 is 0. The van der Waals surface area contributed by atoms with Gasteiger partial charge in [0.05, 0.1) is 12.2 Å². The lowest BCUT2D eigenvalue weighted by atomic mass is 9.86. The zero-order valence-electron chi connectivity index (χ0n) is 16.9. The summed E-state index contributed by atoms with van der Waals surface area (Å²) in [5.74, 6) is -0.0125. The Morgan fingerprint density at radius 2 is 1.72 bits per heavy atom. The Bertz CT molecular complexity index is 993. The highest BCUT2D eigenvalue weighted by Crippen LogP contribution is 2.23. The summed E-state index contributed by atoms with van der Waals surface area (Å²) in [6.45, 7) is 7.00. The van der Waals surface area contributed by atoms with Crippen molar-refractivity contribution in [2.24, 2.45) is 0 Å². The van der Waals surface area contributed by atoms with Crippen molar-refractivity contribution in [2.45, 2.75) is 32.7 Å². The van der Waals surface area contributed by atoms with Crippen LogP contribution in [0.25, 0.3) is 0 Å². The van der Waals surface area contributed by atoms with Crippen LogP contribution in [0.4, 0.5) is 5.69 Å². The Hall–Kier alpha value is -3.05. The summed E-state index contributed by atoms with van der Waals surface area (Å²) in [6.07, 6.45) is 1.75. The van der Waals surface area contributed by atoms with E-state index in [0.717, 1.165) is 11.4 Å². The highest BCUT2D eigenvalue weighted by atomic mass is 32.1. The number of nitrogens with one attached hydrogen (secondary N) is 2. The topological polar surface area (TPSA) is 54.0 Å². The molecular formula is C24H25N3OS. The molecule has 1 heterocycles. The Morgan fingerprint density at radius 3 is 2.38 bits per heavy atom. The number of hydrogen-bond donors (Lipinski definition) is 2. The minimum Gasteiger partial charge on any atom is -0.357 e. The van der Waals surface area contributed by atoms with Gasteiger partial charge in [0.1, 0.15) is 0 Å². The fraction of sp³-hybridized carbons (Fsp3) is 0.208. The number of carbonyl (C=O) groups is 1. The van der Waals surface area contributed by atoms with Gasteiger partial charge in [-0.3, -0.25) is 9.78 Å². The number of benzene rings is 2. The monoisotopic (exact) mass is 403 g/mol. The van der Waals surface area contributed by atoms with Crippen LogP contribution in [0.15, 0.2) is 72.9 Å². The van der Waals surface area contributed by atoms with Gasteiger partial charge in [-0.15, -0.1) is 0 Å². The molecular weight excluding hydrogens is 378 g/mol. The Balaban J connectivity index is 1.65. The van der Waals surface area contributed by atoms with Crippen LogP contribution in [0, 0.1) is 0 Å². The van der Waals surface area contributed by atoms with Crippen LogP contribution in [0.2, 0.25) is 0 Å². The van der Waals surface area contributed by atoms with Gasteiger partial charge in [0.2, 0.25) is 0 Å². The molecule has 0 aliphatic heterocycles. The van der Waals surface area contributed by atoms with Crippen molar-refractivity contribution < 1.29 is 4.79 Å². The van der Waals surface area contributed by atoms with Gasteiger partial charge >= 0.3 is 0 Å². The predicted molar refractivity (Wildman–Crippen MR) is 122 cm³/mol. The number of rotatable bonds is 5. The van der Waals surface area contributed by atoms with E-state index in [0.29, 0.717) is 22.8 Å². The second-order valence-corrected chi connectivity index (χ2v) is 8.27. The SMILES string of the molecule is CC(C)(C)c1ccc(C(=O)c2cccc(NC(=S)NCc3ccccn3)c2)cc1. The molecule has 4 nitrogen and oxygen atoms in total. The standard InChI is InChI=1S/C24H25N3OS/c1-24(2,3)19-12-10-17(11-13-19)22(28)18-7-6-9-20(15-18)27-23(29)26-16-21-8-4-5-14-25-21/h4-15H,16H2,1-3H3,(H2,26,27,29). The Morgan fingerprint density at radius 1 is 0.966 bits per heavy atom. The second kappa shape index (κ2) is 8.97. The minimum atomic E-state index is -0.0125. The van der Waals surface area contributed by atoms with E-state index >= 15 is 0 Å². The minimum absolute atomic E-state index is 0.0125. The molecule has 148 valence electrons. The summed E-state index contributed by atoms with van der Waals surface area (Å²) in [5.41, 5.74) is 4.22. The molecule has 5 heteroatoms. The zero-order valence-corrected chi connectivity index (χ0v) is 17.7. The van der Waals surface area contributed by atoms with Gasteiger partial charge in [-0.1, -0.05) is 63.2 Å². The molecule has 0 radical (unpaired) electrons. The molecule has 0 amide bonds. The lowest BCUT2D eigenvalue weighted by Crippen LogP contribution is -2.28. The second-order valence-electron chi connectivity index (χ2n) is 7.87. The third-order valence-corrected chi connectivity index (χ3v) is 4.80. The largest absolute Gasteiger partial charge is 0.357 e. The molecule has 3 aromatic rings. The number of hydrogen-bond acceptors (Lipinski definition) is 3. The number of nitrogens with zero attached hydrogens (tertiary/aromatic N) is 1. The number of anilines is 1. The van der Waals surface area contributed by atoms with Gasteiger partial charge in [-0.05, 0) is 47.5 Å². The lowest BCUT2D eigenvalue weighted by molar-refractivity contribution is 0.103. The molecule has 3 rings (SSSR count). The van der Waals surface area contributed by atoms with Gasteiger partial charge < -0.3 is 10.6 Å². The fourth-order valence-electron chi connectivity index (χ4n) is 2.88. The maximum absolute atomic E-state index is 12.9. The number of aromatic nitrogens is 1. The van der Waals surface area contributed by atoms with Crippen molar-refractivity contribution >= 4 is 28.8 Å². The number of carbonyl (C=O) groups excluding carboxylic acids is 1. The van der Waals surface area contributed by atoms with Crippen molar-refractivity contribution in [3.8, 4) is 0 Å². The number of pyridine rings is 1. The molecule has 0 saturated carbocycles. The van der Waals surface area contributed by atoms with Crippen LogP contribution in [0.3, 0.4) is 0 Å². The van der Waals surface area contributed by atoms with E-state index in [1.54, 1.807) is 6.20 Å². The third-order valence-electron chi connectivity index (χ3n) is 4.55. The average Bonchev–Trinajstić information content (AvgIpc) is 2.72. The van der Waals surface area contributed by atoms with Gasteiger partial charge in [0.15, 0.2) is 10.9 Å².